The highest BCUT2D eigenvalue weighted by Gasteiger charge is 2.15. The Kier molecular flexibility index (Phi) is 6.39. The molecule has 1 heterocycles. The fourth-order valence-electron chi connectivity index (χ4n) is 2.25. The molecule has 0 saturated carbocycles. The number of nitrogens with zero attached hydrogens (tertiary/aromatic N) is 1. The molecule has 122 valence electrons. The summed E-state index contributed by atoms with van der Waals surface area (Å²) in [5.41, 5.74) is 1.59. The molecule has 0 aliphatic rings. The Hall–Kier alpha value is -1.62. The number of benzene rings is 1. The lowest BCUT2D eigenvalue weighted by molar-refractivity contribution is -0.121. The van der Waals surface area contributed by atoms with E-state index < -0.39 is 6.10 Å². The summed E-state index contributed by atoms with van der Waals surface area (Å²) in [5.74, 6) is -0.0484. The lowest BCUT2D eigenvalue weighted by Gasteiger charge is -2.16. The zero-order valence-corrected chi connectivity index (χ0v) is 14.2. The fraction of sp³-hybridized carbons (Fsp3) is 0.294. The van der Waals surface area contributed by atoms with Crippen molar-refractivity contribution in [1.82, 2.24) is 10.3 Å². The third-order valence-corrected chi connectivity index (χ3v) is 4.14. The first-order valence-electron chi connectivity index (χ1n) is 7.27. The highest BCUT2D eigenvalue weighted by molar-refractivity contribution is 6.35. The topological polar surface area (TPSA) is 62.2 Å². The molecule has 1 aromatic heterocycles. The van der Waals surface area contributed by atoms with Gasteiger partial charge in [0, 0.05) is 41.0 Å². The molecule has 0 bridgehead atoms. The van der Waals surface area contributed by atoms with E-state index in [1.165, 1.54) is 0 Å². The first kappa shape index (κ1) is 17.7. The maximum absolute atomic E-state index is 12.0. The van der Waals surface area contributed by atoms with Crippen LogP contribution in [0.2, 0.25) is 10.0 Å². The van der Waals surface area contributed by atoms with Crippen LogP contribution < -0.4 is 5.32 Å². The van der Waals surface area contributed by atoms with Crippen molar-refractivity contribution >= 4 is 29.1 Å². The molecular formula is C17H18Cl2N2O2. The minimum atomic E-state index is -0.875. The predicted molar refractivity (Wildman–Crippen MR) is 91.7 cm³/mol. The molecule has 0 radical (unpaired) electrons. The number of halogens is 2. The SMILES string of the molecule is C[C@H](CC(=O)NC[C@H](O)c1ccc(Cl)cc1Cl)c1ccncc1. The molecule has 1 aromatic carbocycles. The summed E-state index contributed by atoms with van der Waals surface area (Å²) < 4.78 is 0. The van der Waals surface area contributed by atoms with Gasteiger partial charge in [-0.1, -0.05) is 36.2 Å². The third-order valence-electron chi connectivity index (χ3n) is 3.58. The molecule has 2 atom stereocenters. The molecule has 0 aliphatic heterocycles. The number of rotatable bonds is 6. The minimum Gasteiger partial charge on any atom is -0.387 e. The zero-order valence-electron chi connectivity index (χ0n) is 12.7. The molecule has 0 fully saturated rings. The molecule has 23 heavy (non-hydrogen) atoms. The highest BCUT2D eigenvalue weighted by atomic mass is 35.5. The van der Waals surface area contributed by atoms with E-state index in [4.69, 9.17) is 23.2 Å². The first-order valence-corrected chi connectivity index (χ1v) is 8.02. The Morgan fingerprint density at radius 1 is 1.26 bits per heavy atom. The Morgan fingerprint density at radius 3 is 2.61 bits per heavy atom. The van der Waals surface area contributed by atoms with Crippen molar-refractivity contribution in [3.63, 3.8) is 0 Å². The van der Waals surface area contributed by atoms with Crippen molar-refractivity contribution in [1.29, 1.82) is 0 Å². The summed E-state index contributed by atoms with van der Waals surface area (Å²) in [7, 11) is 0. The predicted octanol–water partition coefficient (Wildman–Crippen LogP) is 3.73. The van der Waals surface area contributed by atoms with Crippen LogP contribution in [0.3, 0.4) is 0 Å². The highest BCUT2D eigenvalue weighted by Crippen LogP contribution is 2.26. The van der Waals surface area contributed by atoms with Gasteiger partial charge in [-0.2, -0.15) is 0 Å². The van der Waals surface area contributed by atoms with Gasteiger partial charge in [-0.15, -0.1) is 0 Å². The van der Waals surface area contributed by atoms with E-state index in [1.54, 1.807) is 30.6 Å². The van der Waals surface area contributed by atoms with Crippen LogP contribution in [0.15, 0.2) is 42.7 Å². The van der Waals surface area contributed by atoms with Crippen LogP contribution in [-0.2, 0) is 4.79 Å². The quantitative estimate of drug-likeness (QED) is 0.832. The molecular weight excluding hydrogens is 335 g/mol. The van der Waals surface area contributed by atoms with Gasteiger partial charge in [0.25, 0.3) is 0 Å². The Bertz CT molecular complexity index is 665. The lowest BCUT2D eigenvalue weighted by atomic mass is 9.98. The summed E-state index contributed by atoms with van der Waals surface area (Å²) in [4.78, 5) is 16.0. The van der Waals surface area contributed by atoms with Crippen LogP contribution >= 0.6 is 23.2 Å². The van der Waals surface area contributed by atoms with E-state index in [9.17, 15) is 9.90 Å². The molecule has 0 unspecified atom stereocenters. The van der Waals surface area contributed by atoms with E-state index in [0.717, 1.165) is 5.56 Å². The van der Waals surface area contributed by atoms with Crippen molar-refractivity contribution in [2.24, 2.45) is 0 Å². The average Bonchev–Trinajstić information content (AvgIpc) is 2.53. The van der Waals surface area contributed by atoms with Gasteiger partial charge in [-0.05, 0) is 35.7 Å². The van der Waals surface area contributed by atoms with Gasteiger partial charge in [0.1, 0.15) is 0 Å². The standard InChI is InChI=1S/C17H18Cl2N2O2/c1-11(12-4-6-20-7-5-12)8-17(23)21-10-16(22)14-3-2-13(18)9-15(14)19/h2-7,9,11,16,22H,8,10H2,1H3,(H,21,23)/t11-,16+/m1/s1. The normalized spacial score (nSPS) is 13.4. The van der Waals surface area contributed by atoms with Crippen LogP contribution in [0.4, 0.5) is 0 Å². The maximum Gasteiger partial charge on any atom is 0.220 e. The molecule has 2 N–H and O–H groups in total. The second-order valence-corrected chi connectivity index (χ2v) is 6.22. The van der Waals surface area contributed by atoms with Crippen molar-refractivity contribution in [3.05, 3.63) is 63.9 Å². The third kappa shape index (κ3) is 5.20. The average molecular weight is 353 g/mol. The number of carbonyl (C=O) groups is 1. The van der Waals surface area contributed by atoms with Gasteiger partial charge in [0.2, 0.25) is 5.91 Å². The van der Waals surface area contributed by atoms with Crippen molar-refractivity contribution in [2.45, 2.75) is 25.4 Å². The van der Waals surface area contributed by atoms with E-state index >= 15 is 0 Å². The van der Waals surface area contributed by atoms with Crippen molar-refractivity contribution < 1.29 is 9.90 Å². The van der Waals surface area contributed by atoms with Crippen LogP contribution in [-0.4, -0.2) is 22.5 Å². The van der Waals surface area contributed by atoms with Crippen LogP contribution in [0.5, 0.6) is 0 Å². The van der Waals surface area contributed by atoms with Gasteiger partial charge in [0.15, 0.2) is 0 Å². The number of aromatic nitrogens is 1. The smallest absolute Gasteiger partial charge is 0.220 e. The van der Waals surface area contributed by atoms with Crippen LogP contribution in [0.25, 0.3) is 0 Å². The lowest BCUT2D eigenvalue weighted by Crippen LogP contribution is -2.29. The van der Waals surface area contributed by atoms with Crippen molar-refractivity contribution in [3.8, 4) is 0 Å². The molecule has 6 heteroatoms. The summed E-state index contributed by atoms with van der Waals surface area (Å²) in [5, 5.41) is 13.7. The largest absolute Gasteiger partial charge is 0.387 e. The number of carbonyl (C=O) groups excluding carboxylic acids is 1. The number of nitrogens with one attached hydrogen (secondary N) is 1. The van der Waals surface area contributed by atoms with Gasteiger partial charge in [0.05, 0.1) is 6.10 Å². The summed E-state index contributed by atoms with van der Waals surface area (Å²) >= 11 is 11.9. The van der Waals surface area contributed by atoms with Gasteiger partial charge < -0.3 is 10.4 Å². The van der Waals surface area contributed by atoms with E-state index in [-0.39, 0.29) is 18.4 Å². The summed E-state index contributed by atoms with van der Waals surface area (Å²) in [6.07, 6.45) is 2.87. The van der Waals surface area contributed by atoms with Crippen LogP contribution in [0.1, 0.15) is 36.5 Å². The maximum atomic E-state index is 12.0. The summed E-state index contributed by atoms with van der Waals surface area (Å²) in [6.45, 7) is 2.07. The van der Waals surface area contributed by atoms with E-state index in [0.29, 0.717) is 22.0 Å². The zero-order chi connectivity index (χ0) is 16.8. The Balaban J connectivity index is 1.86. The second kappa shape index (κ2) is 8.29. The molecule has 0 aliphatic carbocycles. The molecule has 0 saturated heterocycles. The Morgan fingerprint density at radius 2 is 1.96 bits per heavy atom. The molecule has 0 spiro atoms. The number of hydrogen-bond donors (Lipinski definition) is 2. The Labute approximate surface area is 145 Å². The van der Waals surface area contributed by atoms with Gasteiger partial charge in [-0.3, -0.25) is 9.78 Å². The number of pyridine rings is 1. The number of hydrogen-bond acceptors (Lipinski definition) is 3. The number of aliphatic hydroxyl groups is 1. The van der Waals surface area contributed by atoms with E-state index in [1.807, 2.05) is 19.1 Å². The number of amides is 1. The minimum absolute atomic E-state index is 0.0780. The van der Waals surface area contributed by atoms with Gasteiger partial charge >= 0.3 is 0 Å². The van der Waals surface area contributed by atoms with E-state index in [2.05, 4.69) is 10.3 Å². The molecule has 4 nitrogen and oxygen atoms in total. The monoisotopic (exact) mass is 352 g/mol. The first-order chi connectivity index (χ1) is 11.0. The van der Waals surface area contributed by atoms with Crippen LogP contribution in [0, 0.1) is 0 Å². The van der Waals surface area contributed by atoms with Crippen molar-refractivity contribution in [2.75, 3.05) is 6.54 Å². The fourth-order valence-corrected chi connectivity index (χ4v) is 2.79. The molecule has 2 rings (SSSR count). The number of aliphatic hydroxyl groups excluding tert-OH is 1. The van der Waals surface area contributed by atoms with Gasteiger partial charge in [-0.25, -0.2) is 0 Å². The molecule has 1 amide bonds. The second-order valence-electron chi connectivity index (χ2n) is 5.37. The summed E-state index contributed by atoms with van der Waals surface area (Å²) in [6, 6.07) is 8.65. The molecule has 2 aromatic rings.